The van der Waals surface area contributed by atoms with Crippen molar-refractivity contribution in [3.8, 4) is 11.5 Å². The van der Waals surface area contributed by atoms with E-state index in [1.165, 1.54) is 18.2 Å². The normalized spacial score (nSPS) is 10.2. The number of aromatic carboxylic acids is 2. The van der Waals surface area contributed by atoms with E-state index in [0.29, 0.717) is 25.2 Å². The van der Waals surface area contributed by atoms with Gasteiger partial charge >= 0.3 is 11.9 Å². The van der Waals surface area contributed by atoms with Crippen molar-refractivity contribution >= 4 is 71.1 Å². The van der Waals surface area contributed by atoms with Crippen LogP contribution in [0.3, 0.4) is 0 Å². The van der Waals surface area contributed by atoms with Crippen LogP contribution in [-0.4, -0.2) is 86.2 Å². The molecule has 0 fully saturated rings. The fourth-order valence-corrected chi connectivity index (χ4v) is 3.84. The number of carboxylic acids is 2. The van der Waals surface area contributed by atoms with Crippen LogP contribution >= 0.6 is 0 Å². The molecule has 0 heterocycles. The van der Waals surface area contributed by atoms with Crippen LogP contribution in [0.1, 0.15) is 37.4 Å². The number of ether oxygens (including phenoxy) is 1. The summed E-state index contributed by atoms with van der Waals surface area (Å²) in [6.45, 7) is 1.58. The number of carbonyl (C=O) groups is 2. The van der Waals surface area contributed by atoms with Gasteiger partial charge in [-0.05, 0) is 59.2 Å². The average molecular weight is 514 g/mol. The summed E-state index contributed by atoms with van der Waals surface area (Å²) in [5.41, 5.74) is 2.70. The van der Waals surface area contributed by atoms with Crippen LogP contribution in [0.2, 0.25) is 0 Å². The second-order valence-electron chi connectivity index (χ2n) is 8.22. The third-order valence-electron chi connectivity index (χ3n) is 5.45. The monoisotopic (exact) mass is 513 g/mol. The molecular weight excluding hydrogens is 488 g/mol. The maximum atomic E-state index is 11.5. The first-order valence-electron chi connectivity index (χ1n) is 11.1. The number of carboxylic acid groups (broad SMARTS) is 2. The van der Waals surface area contributed by atoms with Gasteiger partial charge in [-0.25, -0.2) is 9.59 Å². The second-order valence-corrected chi connectivity index (χ2v) is 8.22. The molecule has 4 rings (SSSR count). The zero-order chi connectivity index (χ0) is 24.6. The Morgan fingerprint density at radius 3 is 1.51 bits per heavy atom. The van der Waals surface area contributed by atoms with Gasteiger partial charge in [-0.3, -0.25) is 4.90 Å². The standard InChI is InChI=1S/C29H25NO5.2Na/c31-28(32)24-15-23(16-25(17-24)29(33)34)20-30(18-21-7-3-1-4-8-21)19-22-11-13-27(14-12-22)35-26-9-5-2-6-10-26;;/h1-17H,18-20H2,(H,31,32)(H,33,34);;. The number of rotatable bonds is 10. The van der Waals surface area contributed by atoms with Gasteiger partial charge in [0, 0.05) is 78.7 Å². The van der Waals surface area contributed by atoms with E-state index >= 15 is 0 Å². The van der Waals surface area contributed by atoms with Crippen molar-refractivity contribution in [2.75, 3.05) is 0 Å². The van der Waals surface area contributed by atoms with Crippen molar-refractivity contribution in [3.63, 3.8) is 0 Å². The summed E-state index contributed by atoms with van der Waals surface area (Å²) in [5, 5.41) is 18.9. The number of hydrogen-bond donors (Lipinski definition) is 2. The Balaban J connectivity index is 0.00000241. The van der Waals surface area contributed by atoms with E-state index in [1.54, 1.807) is 0 Å². The molecule has 4 aromatic rings. The van der Waals surface area contributed by atoms with Crippen molar-refractivity contribution in [3.05, 3.63) is 131 Å². The molecule has 4 aromatic carbocycles. The molecule has 8 heteroatoms. The topological polar surface area (TPSA) is 87.1 Å². The Morgan fingerprint density at radius 2 is 1.00 bits per heavy atom. The van der Waals surface area contributed by atoms with Crippen LogP contribution in [0.4, 0.5) is 0 Å². The van der Waals surface area contributed by atoms with E-state index in [1.807, 2.05) is 84.9 Å². The summed E-state index contributed by atoms with van der Waals surface area (Å²) in [5.74, 6) is -0.816. The molecule has 0 aliphatic carbocycles. The minimum atomic E-state index is -1.15. The summed E-state index contributed by atoms with van der Waals surface area (Å²) < 4.78 is 5.88. The van der Waals surface area contributed by atoms with Gasteiger partial charge in [0.2, 0.25) is 0 Å². The molecule has 0 amide bonds. The minimum Gasteiger partial charge on any atom is -0.478 e. The maximum absolute atomic E-state index is 11.5. The molecular formula is C29H25NNa2O5. The van der Waals surface area contributed by atoms with Gasteiger partial charge in [0.05, 0.1) is 11.1 Å². The van der Waals surface area contributed by atoms with E-state index in [0.717, 1.165) is 22.6 Å². The van der Waals surface area contributed by atoms with Crippen LogP contribution in [0.15, 0.2) is 103 Å². The predicted molar refractivity (Wildman–Crippen MR) is 144 cm³/mol. The molecule has 178 valence electrons. The summed E-state index contributed by atoms with van der Waals surface area (Å²) in [6.07, 6.45) is 0. The Hall–Kier alpha value is -2.42. The van der Waals surface area contributed by atoms with Crippen molar-refractivity contribution < 1.29 is 24.5 Å². The zero-order valence-corrected chi connectivity index (χ0v) is 25.0. The molecule has 0 aromatic heterocycles. The molecule has 0 aliphatic heterocycles. The second kappa shape index (κ2) is 15.1. The number of nitrogens with zero attached hydrogens (tertiary/aromatic N) is 1. The Bertz CT molecular complexity index is 1270. The SMILES string of the molecule is O=C(O)c1cc(CN(Cc2ccccc2)Cc2ccc(Oc3ccccc3)cc2)cc(C(=O)O)c1.[Na].[Na]. The largest absolute Gasteiger partial charge is 0.478 e. The van der Waals surface area contributed by atoms with E-state index in [9.17, 15) is 19.8 Å². The van der Waals surface area contributed by atoms with Crippen LogP contribution in [0, 0.1) is 0 Å². The van der Waals surface area contributed by atoms with Gasteiger partial charge in [0.1, 0.15) is 11.5 Å². The fourth-order valence-electron chi connectivity index (χ4n) is 3.84. The zero-order valence-electron chi connectivity index (χ0n) is 21.0. The summed E-state index contributed by atoms with van der Waals surface area (Å²) in [7, 11) is 0. The number of hydrogen-bond acceptors (Lipinski definition) is 4. The molecule has 0 aliphatic rings. The molecule has 0 unspecified atom stereocenters. The van der Waals surface area contributed by atoms with Crippen LogP contribution in [0.5, 0.6) is 11.5 Å². The minimum absolute atomic E-state index is 0. The van der Waals surface area contributed by atoms with Gasteiger partial charge in [-0.2, -0.15) is 0 Å². The van der Waals surface area contributed by atoms with Crippen molar-refractivity contribution in [1.29, 1.82) is 0 Å². The maximum Gasteiger partial charge on any atom is 0.335 e. The van der Waals surface area contributed by atoms with Crippen molar-refractivity contribution in [2.45, 2.75) is 19.6 Å². The first-order chi connectivity index (χ1) is 17.0. The molecule has 0 saturated carbocycles. The van der Waals surface area contributed by atoms with Crippen molar-refractivity contribution in [1.82, 2.24) is 4.90 Å². The van der Waals surface area contributed by atoms with E-state index in [4.69, 9.17) is 4.74 Å². The number of para-hydroxylation sites is 1. The quantitative estimate of drug-likeness (QED) is 0.279. The van der Waals surface area contributed by atoms with Crippen LogP contribution in [-0.2, 0) is 19.6 Å². The summed E-state index contributed by atoms with van der Waals surface area (Å²) in [6, 6.07) is 31.6. The number of benzene rings is 4. The Kier molecular flexibility index (Phi) is 12.6. The third kappa shape index (κ3) is 9.43. The molecule has 2 radical (unpaired) electrons. The van der Waals surface area contributed by atoms with Gasteiger partial charge in [0.25, 0.3) is 0 Å². The molecule has 0 saturated heterocycles. The molecule has 0 spiro atoms. The Morgan fingerprint density at radius 1 is 0.568 bits per heavy atom. The van der Waals surface area contributed by atoms with Gasteiger partial charge in [0.15, 0.2) is 0 Å². The summed E-state index contributed by atoms with van der Waals surface area (Å²) in [4.78, 5) is 25.2. The third-order valence-corrected chi connectivity index (χ3v) is 5.45. The fraction of sp³-hybridized carbons (Fsp3) is 0.103. The predicted octanol–water partition coefficient (Wildman–Crippen LogP) is 5.32. The van der Waals surface area contributed by atoms with Gasteiger partial charge in [-0.1, -0.05) is 60.7 Å². The van der Waals surface area contributed by atoms with E-state index < -0.39 is 11.9 Å². The summed E-state index contributed by atoms with van der Waals surface area (Å²) >= 11 is 0. The van der Waals surface area contributed by atoms with E-state index in [2.05, 4.69) is 4.90 Å². The van der Waals surface area contributed by atoms with Gasteiger partial charge < -0.3 is 14.9 Å². The first kappa shape index (κ1) is 30.8. The Labute approximate surface area is 260 Å². The smallest absolute Gasteiger partial charge is 0.335 e. The molecule has 2 N–H and O–H groups in total. The molecule has 37 heavy (non-hydrogen) atoms. The van der Waals surface area contributed by atoms with Gasteiger partial charge in [-0.15, -0.1) is 0 Å². The molecule has 0 bridgehead atoms. The van der Waals surface area contributed by atoms with Crippen LogP contribution in [0.25, 0.3) is 0 Å². The average Bonchev–Trinajstić information content (AvgIpc) is 2.86. The first-order valence-corrected chi connectivity index (χ1v) is 11.1. The molecule has 0 atom stereocenters. The van der Waals surface area contributed by atoms with Crippen molar-refractivity contribution in [2.24, 2.45) is 0 Å². The van der Waals surface area contributed by atoms with Crippen LogP contribution < -0.4 is 4.74 Å². The van der Waals surface area contributed by atoms with E-state index in [-0.39, 0.29) is 70.2 Å². The molecule has 6 nitrogen and oxygen atoms in total.